The molecule has 7 heteroatoms. The number of carboxylic acid groups (broad SMARTS) is 2. The Balaban J connectivity index is 1.64. The minimum atomic E-state index is -1.44. The molecule has 0 radical (unpaired) electrons. The van der Waals surface area contributed by atoms with Gasteiger partial charge in [0.15, 0.2) is 0 Å². The monoisotopic (exact) mass is 518 g/mol. The number of hydrogen-bond donors (Lipinski definition) is 5. The van der Waals surface area contributed by atoms with Crippen LogP contribution in [0.5, 0.6) is 0 Å². The van der Waals surface area contributed by atoms with Gasteiger partial charge in [-0.25, -0.2) is 0 Å². The van der Waals surface area contributed by atoms with E-state index in [-0.39, 0.29) is 28.1 Å². The fraction of sp³-hybridized carbons (Fsp3) is 0.867. The summed E-state index contributed by atoms with van der Waals surface area (Å²) in [7, 11) is 0. The second-order valence-corrected chi connectivity index (χ2v) is 15.0. The van der Waals surface area contributed by atoms with Gasteiger partial charge in [-0.1, -0.05) is 46.3 Å². The van der Waals surface area contributed by atoms with Gasteiger partial charge < -0.3 is 25.5 Å². The van der Waals surface area contributed by atoms with Gasteiger partial charge in [0.2, 0.25) is 0 Å². The van der Waals surface area contributed by atoms with Gasteiger partial charge in [0.05, 0.1) is 29.1 Å². The summed E-state index contributed by atoms with van der Waals surface area (Å²) >= 11 is 0. The van der Waals surface area contributed by atoms with Crippen LogP contribution in [0.1, 0.15) is 92.9 Å². The molecule has 37 heavy (non-hydrogen) atoms. The molecule has 5 N–H and O–H groups in total. The summed E-state index contributed by atoms with van der Waals surface area (Å²) in [4.78, 5) is 25.4. The molecular weight excluding hydrogens is 472 g/mol. The van der Waals surface area contributed by atoms with Crippen LogP contribution in [0.4, 0.5) is 0 Å². The number of allylic oxidation sites excluding steroid dienone is 1. The number of fused-ring (bicyclic) bond motifs is 7. The van der Waals surface area contributed by atoms with Crippen LogP contribution < -0.4 is 0 Å². The Bertz CT molecular complexity index is 1050. The summed E-state index contributed by atoms with van der Waals surface area (Å²) in [6.45, 7) is 12.3. The van der Waals surface area contributed by atoms with Crippen molar-refractivity contribution in [3.8, 4) is 0 Å². The first-order valence-electron chi connectivity index (χ1n) is 14.1. The number of aliphatic carboxylic acids is 2. The molecule has 11 atom stereocenters. The molecule has 4 saturated carbocycles. The minimum Gasteiger partial charge on any atom is -0.481 e. The zero-order valence-corrected chi connectivity index (χ0v) is 23.3. The van der Waals surface area contributed by atoms with Crippen molar-refractivity contribution in [1.82, 2.24) is 0 Å². The first-order valence-corrected chi connectivity index (χ1v) is 14.1. The molecule has 7 nitrogen and oxygen atoms in total. The summed E-state index contributed by atoms with van der Waals surface area (Å²) < 4.78 is 0. The predicted molar refractivity (Wildman–Crippen MR) is 137 cm³/mol. The molecule has 0 saturated heterocycles. The number of aliphatic hydroxyl groups is 3. The predicted octanol–water partition coefficient (Wildman–Crippen LogP) is 4.24. The van der Waals surface area contributed by atoms with Crippen molar-refractivity contribution in [2.24, 2.45) is 50.2 Å². The summed E-state index contributed by atoms with van der Waals surface area (Å²) in [5.41, 5.74) is -2.80. The van der Waals surface area contributed by atoms with E-state index in [0.29, 0.717) is 44.9 Å². The van der Waals surface area contributed by atoms with Gasteiger partial charge in [-0.2, -0.15) is 0 Å². The number of carbonyl (C=O) groups is 2. The number of rotatable bonds is 2. The quantitative estimate of drug-likeness (QED) is 0.345. The summed E-state index contributed by atoms with van der Waals surface area (Å²) in [5, 5.41) is 54.3. The SMILES string of the molecule is CC1(C)CC[C@]2(C(=O)O)CC[C@]3(C)C(=CC[C@@H]4[C@@]5(C)C[C@@H](O)[C@H](O)[C@](C)(C(=O)O)[C@@H]5CC[C@]43C)[C@@H]2[C@@H]1O. The lowest BCUT2D eigenvalue weighted by molar-refractivity contribution is -0.241. The molecule has 0 aromatic heterocycles. The molecular formula is C30H46O7. The number of aliphatic hydroxyl groups excluding tert-OH is 3. The van der Waals surface area contributed by atoms with Gasteiger partial charge in [0, 0.05) is 5.92 Å². The molecule has 0 aromatic rings. The summed E-state index contributed by atoms with van der Waals surface area (Å²) in [6, 6.07) is 0. The van der Waals surface area contributed by atoms with Crippen LogP contribution in [0, 0.1) is 50.2 Å². The Hall–Kier alpha value is -1.44. The number of carboxylic acids is 2. The van der Waals surface area contributed by atoms with Crippen molar-refractivity contribution in [3.63, 3.8) is 0 Å². The Labute approximate surface area is 220 Å². The van der Waals surface area contributed by atoms with E-state index in [1.807, 2.05) is 13.8 Å². The van der Waals surface area contributed by atoms with Gasteiger partial charge in [-0.3, -0.25) is 9.59 Å². The lowest BCUT2D eigenvalue weighted by Gasteiger charge is -2.71. The van der Waals surface area contributed by atoms with Gasteiger partial charge in [0.25, 0.3) is 0 Å². The standard InChI is InChI=1S/C30H46O7/c1-25(2)11-13-30(24(36)37)14-12-27(4)16(20(30)22(25)33)7-8-18-26(3)15-17(31)21(32)29(6,23(34)35)19(26)9-10-28(18,27)5/h7,17-22,31-33H,8-15H2,1-6H3,(H,34,35)(H,36,37)/t17-,18-,19-,20-,21+,22+,26-,27-,28-,29-,30+/m1/s1. The van der Waals surface area contributed by atoms with Crippen LogP contribution in [0.25, 0.3) is 0 Å². The Kier molecular flexibility index (Phi) is 5.73. The summed E-state index contributed by atoms with van der Waals surface area (Å²) in [6.07, 6.45) is 3.88. The van der Waals surface area contributed by atoms with E-state index in [1.54, 1.807) is 6.92 Å². The molecule has 4 fully saturated rings. The van der Waals surface area contributed by atoms with Crippen molar-refractivity contribution in [2.75, 3.05) is 0 Å². The van der Waals surface area contributed by atoms with E-state index >= 15 is 0 Å². The van der Waals surface area contributed by atoms with Crippen molar-refractivity contribution in [1.29, 1.82) is 0 Å². The minimum absolute atomic E-state index is 0.0689. The Morgan fingerprint density at radius 1 is 0.811 bits per heavy atom. The topological polar surface area (TPSA) is 135 Å². The highest BCUT2D eigenvalue weighted by atomic mass is 16.4. The smallest absolute Gasteiger partial charge is 0.312 e. The van der Waals surface area contributed by atoms with Crippen LogP contribution in [0.3, 0.4) is 0 Å². The first-order chi connectivity index (χ1) is 16.9. The van der Waals surface area contributed by atoms with Crippen molar-refractivity contribution >= 4 is 11.9 Å². The van der Waals surface area contributed by atoms with Gasteiger partial charge in [0.1, 0.15) is 0 Å². The van der Waals surface area contributed by atoms with Crippen LogP contribution in [0.2, 0.25) is 0 Å². The average Bonchev–Trinajstić information content (AvgIpc) is 2.80. The maximum absolute atomic E-state index is 12.8. The molecule has 0 bridgehead atoms. The van der Waals surface area contributed by atoms with Gasteiger partial charge in [-0.05, 0) is 91.8 Å². The molecule has 0 amide bonds. The summed E-state index contributed by atoms with van der Waals surface area (Å²) in [5.74, 6) is -2.53. The van der Waals surface area contributed by atoms with Gasteiger partial charge in [-0.15, -0.1) is 0 Å². The highest BCUT2D eigenvalue weighted by Crippen LogP contribution is 2.75. The average molecular weight is 519 g/mol. The zero-order valence-electron chi connectivity index (χ0n) is 23.3. The van der Waals surface area contributed by atoms with Crippen LogP contribution >= 0.6 is 0 Å². The Morgan fingerprint density at radius 3 is 2.03 bits per heavy atom. The third-order valence-corrected chi connectivity index (χ3v) is 13.4. The highest BCUT2D eigenvalue weighted by molar-refractivity contribution is 5.77. The van der Waals surface area contributed by atoms with Crippen molar-refractivity contribution in [2.45, 2.75) is 111 Å². The lowest BCUT2D eigenvalue weighted by Crippen LogP contribution is -2.69. The fourth-order valence-electron chi connectivity index (χ4n) is 10.7. The highest BCUT2D eigenvalue weighted by Gasteiger charge is 2.72. The van der Waals surface area contributed by atoms with Gasteiger partial charge >= 0.3 is 11.9 Å². The van der Waals surface area contributed by atoms with Crippen LogP contribution in [-0.4, -0.2) is 55.8 Å². The van der Waals surface area contributed by atoms with Crippen LogP contribution in [0.15, 0.2) is 11.6 Å². The van der Waals surface area contributed by atoms with Crippen molar-refractivity contribution in [3.05, 3.63) is 11.6 Å². The largest absolute Gasteiger partial charge is 0.481 e. The zero-order chi connectivity index (χ0) is 27.6. The van der Waals surface area contributed by atoms with Crippen molar-refractivity contribution < 1.29 is 35.1 Å². The lowest BCUT2D eigenvalue weighted by atomic mass is 9.33. The molecule has 208 valence electrons. The van der Waals surface area contributed by atoms with E-state index in [1.165, 1.54) is 0 Å². The molecule has 5 rings (SSSR count). The van der Waals surface area contributed by atoms with E-state index in [0.717, 1.165) is 12.0 Å². The third kappa shape index (κ3) is 3.05. The third-order valence-electron chi connectivity index (χ3n) is 13.4. The molecule has 5 aliphatic rings. The van der Waals surface area contributed by atoms with E-state index in [4.69, 9.17) is 0 Å². The first kappa shape index (κ1) is 27.1. The van der Waals surface area contributed by atoms with E-state index in [9.17, 15) is 35.1 Å². The maximum atomic E-state index is 12.8. The molecule has 0 spiro atoms. The second kappa shape index (κ2) is 7.82. The molecule has 0 unspecified atom stereocenters. The maximum Gasteiger partial charge on any atom is 0.312 e. The molecule has 0 aromatic carbocycles. The van der Waals surface area contributed by atoms with Crippen LogP contribution in [-0.2, 0) is 9.59 Å². The van der Waals surface area contributed by atoms with E-state index in [2.05, 4.69) is 26.8 Å². The number of hydrogen-bond acceptors (Lipinski definition) is 5. The fourth-order valence-corrected chi connectivity index (χ4v) is 10.7. The van der Waals surface area contributed by atoms with E-state index < -0.39 is 52.4 Å². The Morgan fingerprint density at radius 2 is 1.43 bits per heavy atom. The molecule has 0 heterocycles. The molecule has 5 aliphatic carbocycles. The normalized spacial score (nSPS) is 54.6. The second-order valence-electron chi connectivity index (χ2n) is 15.0. The molecule has 0 aliphatic heterocycles.